The van der Waals surface area contributed by atoms with E-state index in [1.54, 1.807) is 7.11 Å². The molecule has 1 fully saturated rings. The highest BCUT2D eigenvalue weighted by atomic mass is 16.5. The number of aryl methyl sites for hydroxylation is 1. The number of nitrogens with zero attached hydrogens (tertiary/aromatic N) is 3. The average Bonchev–Trinajstić information content (AvgIpc) is 2.65. The molecule has 3 heterocycles. The van der Waals surface area contributed by atoms with Crippen molar-refractivity contribution in [3.63, 3.8) is 0 Å². The van der Waals surface area contributed by atoms with Crippen molar-refractivity contribution < 1.29 is 9.47 Å². The predicted molar refractivity (Wildman–Crippen MR) is 97.3 cm³/mol. The molecule has 0 atom stereocenters. The van der Waals surface area contributed by atoms with Crippen LogP contribution in [0.4, 0.5) is 5.82 Å². The lowest BCUT2D eigenvalue weighted by Gasteiger charge is -2.45. The number of aromatic nitrogens is 2. The number of benzene rings is 1. The Labute approximate surface area is 149 Å². The van der Waals surface area contributed by atoms with Crippen molar-refractivity contribution in [1.82, 2.24) is 10.2 Å². The molecule has 0 amide bonds. The van der Waals surface area contributed by atoms with E-state index in [-0.39, 0.29) is 5.60 Å². The number of methoxy groups -OCH3 is 1. The quantitative estimate of drug-likeness (QED) is 0.841. The van der Waals surface area contributed by atoms with Gasteiger partial charge in [-0.1, -0.05) is 6.07 Å². The van der Waals surface area contributed by atoms with Gasteiger partial charge in [0.2, 0.25) is 0 Å². The third-order valence-electron chi connectivity index (χ3n) is 5.75. The summed E-state index contributed by atoms with van der Waals surface area (Å²) in [4.78, 5) is 2.35. The van der Waals surface area contributed by atoms with Gasteiger partial charge >= 0.3 is 0 Å². The van der Waals surface area contributed by atoms with Gasteiger partial charge in [0, 0.05) is 13.1 Å². The normalized spacial score (nSPS) is 18.9. The highest BCUT2D eigenvalue weighted by Crippen LogP contribution is 2.43. The van der Waals surface area contributed by atoms with Crippen LogP contribution < -0.4 is 9.64 Å². The molecule has 25 heavy (non-hydrogen) atoms. The first-order chi connectivity index (χ1) is 12.1. The predicted octanol–water partition coefficient (Wildman–Crippen LogP) is 3.17. The monoisotopic (exact) mass is 339 g/mol. The molecular weight excluding hydrogens is 314 g/mol. The molecule has 2 aliphatic rings. The summed E-state index contributed by atoms with van der Waals surface area (Å²) in [7, 11) is 1.72. The molecule has 1 aromatic heterocycles. The lowest BCUT2D eigenvalue weighted by molar-refractivity contribution is -0.0767. The summed E-state index contributed by atoms with van der Waals surface area (Å²) in [6, 6.07) is 6.42. The standard InChI is InChI=1S/C20H25N3O2/c1-14-13-21-22-19(15(14)2)23-9-7-20(8-10-23)18-5-4-17(24-3)12-16(18)6-11-25-20/h4-5,12-13H,6-11H2,1-3H3. The van der Waals surface area contributed by atoms with Crippen molar-refractivity contribution in [2.75, 3.05) is 31.7 Å². The second kappa shape index (κ2) is 6.30. The lowest BCUT2D eigenvalue weighted by atomic mass is 9.79. The van der Waals surface area contributed by atoms with E-state index in [1.165, 1.54) is 22.3 Å². The topological polar surface area (TPSA) is 47.5 Å². The number of hydrogen-bond donors (Lipinski definition) is 0. The van der Waals surface area contributed by atoms with Gasteiger partial charge in [-0.05, 0) is 67.5 Å². The minimum Gasteiger partial charge on any atom is -0.497 e. The molecule has 0 saturated carbocycles. The van der Waals surface area contributed by atoms with E-state index in [0.717, 1.165) is 50.5 Å². The van der Waals surface area contributed by atoms with Crippen LogP contribution in [0.5, 0.6) is 5.75 Å². The minimum atomic E-state index is -0.165. The maximum Gasteiger partial charge on any atom is 0.154 e. The van der Waals surface area contributed by atoms with E-state index >= 15 is 0 Å². The van der Waals surface area contributed by atoms with Crippen LogP contribution in [-0.4, -0.2) is 37.0 Å². The van der Waals surface area contributed by atoms with Gasteiger partial charge in [0.1, 0.15) is 5.75 Å². The Morgan fingerprint density at radius 1 is 1.20 bits per heavy atom. The zero-order valence-corrected chi connectivity index (χ0v) is 15.2. The minimum absolute atomic E-state index is 0.165. The van der Waals surface area contributed by atoms with Crippen molar-refractivity contribution in [2.24, 2.45) is 0 Å². The second-order valence-electron chi connectivity index (χ2n) is 7.08. The SMILES string of the molecule is COc1ccc2c(c1)CCOC21CCN(c2nncc(C)c2C)CC1. The molecule has 0 radical (unpaired) electrons. The fourth-order valence-electron chi connectivity index (χ4n) is 4.09. The van der Waals surface area contributed by atoms with Crippen LogP contribution in [0.1, 0.15) is 35.1 Å². The smallest absolute Gasteiger partial charge is 0.154 e. The first-order valence-corrected chi connectivity index (χ1v) is 8.98. The first kappa shape index (κ1) is 16.3. The highest BCUT2D eigenvalue weighted by Gasteiger charge is 2.41. The summed E-state index contributed by atoms with van der Waals surface area (Å²) < 4.78 is 11.7. The van der Waals surface area contributed by atoms with E-state index in [9.17, 15) is 0 Å². The molecule has 0 aliphatic carbocycles. The van der Waals surface area contributed by atoms with Crippen LogP contribution in [-0.2, 0) is 16.8 Å². The van der Waals surface area contributed by atoms with E-state index in [1.807, 2.05) is 6.20 Å². The molecule has 0 unspecified atom stereocenters. The highest BCUT2D eigenvalue weighted by molar-refractivity contribution is 5.49. The molecule has 5 nitrogen and oxygen atoms in total. The molecule has 1 saturated heterocycles. The lowest BCUT2D eigenvalue weighted by Crippen LogP contribution is -2.47. The fourth-order valence-corrected chi connectivity index (χ4v) is 4.09. The van der Waals surface area contributed by atoms with Crippen LogP contribution in [0.15, 0.2) is 24.4 Å². The molecule has 0 bridgehead atoms. The number of hydrogen-bond acceptors (Lipinski definition) is 5. The number of rotatable bonds is 2. The van der Waals surface area contributed by atoms with Crippen molar-refractivity contribution in [3.8, 4) is 5.75 Å². The van der Waals surface area contributed by atoms with Gasteiger partial charge < -0.3 is 14.4 Å². The third-order valence-corrected chi connectivity index (χ3v) is 5.75. The molecule has 0 N–H and O–H groups in total. The Hall–Kier alpha value is -2.14. The molecule has 2 aromatic rings. The summed E-state index contributed by atoms with van der Waals surface area (Å²) in [6.07, 6.45) is 4.74. The Bertz CT molecular complexity index is 783. The average molecular weight is 339 g/mol. The number of anilines is 1. The Balaban J connectivity index is 1.59. The van der Waals surface area contributed by atoms with Crippen LogP contribution >= 0.6 is 0 Å². The van der Waals surface area contributed by atoms with Crippen LogP contribution in [0.2, 0.25) is 0 Å². The molecule has 2 aliphatic heterocycles. The molecule has 5 heteroatoms. The van der Waals surface area contributed by atoms with Crippen molar-refractivity contribution >= 4 is 5.82 Å². The number of ether oxygens (including phenoxy) is 2. The van der Waals surface area contributed by atoms with Gasteiger partial charge in [0.15, 0.2) is 5.82 Å². The zero-order chi connectivity index (χ0) is 17.4. The summed E-state index contributed by atoms with van der Waals surface area (Å²) >= 11 is 0. The zero-order valence-electron chi connectivity index (χ0n) is 15.2. The Morgan fingerprint density at radius 2 is 2.00 bits per heavy atom. The van der Waals surface area contributed by atoms with E-state index < -0.39 is 0 Å². The summed E-state index contributed by atoms with van der Waals surface area (Å²) in [5.41, 5.74) is 4.95. The van der Waals surface area contributed by atoms with Crippen LogP contribution in [0.3, 0.4) is 0 Å². The summed E-state index contributed by atoms with van der Waals surface area (Å²) in [6.45, 7) is 6.87. The van der Waals surface area contributed by atoms with Gasteiger partial charge in [-0.15, -0.1) is 5.10 Å². The Morgan fingerprint density at radius 3 is 2.76 bits per heavy atom. The van der Waals surface area contributed by atoms with Crippen molar-refractivity contribution in [2.45, 2.75) is 38.7 Å². The maximum atomic E-state index is 6.34. The fraction of sp³-hybridized carbons (Fsp3) is 0.500. The number of piperidine rings is 1. The third kappa shape index (κ3) is 2.76. The molecule has 1 spiro atoms. The molecule has 132 valence electrons. The van der Waals surface area contributed by atoms with E-state index in [4.69, 9.17) is 9.47 Å². The van der Waals surface area contributed by atoms with Crippen LogP contribution in [0.25, 0.3) is 0 Å². The summed E-state index contributed by atoms with van der Waals surface area (Å²) in [5, 5.41) is 8.52. The van der Waals surface area contributed by atoms with Gasteiger partial charge in [-0.3, -0.25) is 0 Å². The van der Waals surface area contributed by atoms with Gasteiger partial charge in [0.25, 0.3) is 0 Å². The van der Waals surface area contributed by atoms with Crippen LogP contribution in [0, 0.1) is 13.8 Å². The van der Waals surface area contributed by atoms with Gasteiger partial charge in [-0.2, -0.15) is 5.10 Å². The largest absolute Gasteiger partial charge is 0.497 e. The molecular formula is C20H25N3O2. The maximum absolute atomic E-state index is 6.34. The number of fused-ring (bicyclic) bond motifs is 2. The van der Waals surface area contributed by atoms with Gasteiger partial charge in [0.05, 0.1) is 25.5 Å². The van der Waals surface area contributed by atoms with Gasteiger partial charge in [-0.25, -0.2) is 0 Å². The van der Waals surface area contributed by atoms with Crippen molar-refractivity contribution in [1.29, 1.82) is 0 Å². The second-order valence-corrected chi connectivity index (χ2v) is 7.08. The summed E-state index contributed by atoms with van der Waals surface area (Å²) in [5.74, 6) is 1.94. The molecule has 1 aromatic carbocycles. The van der Waals surface area contributed by atoms with E-state index in [2.05, 4.69) is 47.1 Å². The first-order valence-electron chi connectivity index (χ1n) is 8.98. The van der Waals surface area contributed by atoms with Crippen molar-refractivity contribution in [3.05, 3.63) is 46.6 Å². The molecule has 4 rings (SSSR count). The van der Waals surface area contributed by atoms with E-state index in [0.29, 0.717) is 0 Å². The Kier molecular flexibility index (Phi) is 4.12.